The van der Waals surface area contributed by atoms with Crippen molar-refractivity contribution in [2.24, 2.45) is 0 Å². The normalized spacial score (nSPS) is 16.1. The number of aliphatic hydroxyl groups excluding tert-OH is 1. The molecule has 7 heteroatoms. The van der Waals surface area contributed by atoms with Gasteiger partial charge in [0.25, 0.3) is 11.8 Å². The van der Waals surface area contributed by atoms with Gasteiger partial charge in [-0.3, -0.25) is 9.59 Å². The molecule has 1 aliphatic carbocycles. The monoisotopic (exact) mass is 619 g/mol. The first-order chi connectivity index (χ1) is 22.4. The maximum absolute atomic E-state index is 13.6. The Bertz CT molecular complexity index is 1570. The first-order valence-electron chi connectivity index (χ1n) is 16.3. The highest BCUT2D eigenvalue weighted by Crippen LogP contribution is 2.38. The molecule has 46 heavy (non-hydrogen) atoms. The Kier molecular flexibility index (Phi) is 11.2. The van der Waals surface area contributed by atoms with Crippen molar-refractivity contribution in [3.8, 4) is 5.75 Å². The fourth-order valence-electron chi connectivity index (χ4n) is 6.40. The van der Waals surface area contributed by atoms with Gasteiger partial charge in [-0.2, -0.15) is 0 Å². The Morgan fingerprint density at radius 3 is 2.09 bits per heavy atom. The number of carbonyl (C=O) groups excluding carboxylic acids is 2. The van der Waals surface area contributed by atoms with E-state index in [4.69, 9.17) is 4.74 Å². The summed E-state index contributed by atoms with van der Waals surface area (Å²) in [5.41, 5.74) is 3.63. The molecule has 0 aliphatic heterocycles. The van der Waals surface area contributed by atoms with Crippen LogP contribution < -0.4 is 20.7 Å². The van der Waals surface area contributed by atoms with Crippen molar-refractivity contribution in [1.82, 2.24) is 16.0 Å². The van der Waals surface area contributed by atoms with E-state index in [0.29, 0.717) is 24.1 Å². The number of nitrogens with one attached hydrogen (secondary N) is 3. The number of rotatable bonds is 13. The third kappa shape index (κ3) is 8.42. The summed E-state index contributed by atoms with van der Waals surface area (Å²) in [4.78, 5) is 26.7. The van der Waals surface area contributed by atoms with Gasteiger partial charge >= 0.3 is 0 Å². The minimum atomic E-state index is -0.869. The Balaban J connectivity index is 1.31. The van der Waals surface area contributed by atoms with Gasteiger partial charge in [-0.05, 0) is 73.2 Å². The van der Waals surface area contributed by atoms with Gasteiger partial charge in [0.2, 0.25) is 0 Å². The molecule has 4 aromatic carbocycles. The Hall–Kier alpha value is -4.46. The van der Waals surface area contributed by atoms with Gasteiger partial charge in [0, 0.05) is 23.2 Å². The number of hydrogen-bond acceptors (Lipinski definition) is 5. The number of benzene rings is 4. The molecule has 0 heterocycles. The van der Waals surface area contributed by atoms with Crippen LogP contribution in [-0.4, -0.2) is 42.7 Å². The summed E-state index contributed by atoms with van der Waals surface area (Å²) in [6, 6.07) is 33.7. The molecule has 0 unspecified atom stereocenters. The fourth-order valence-corrected chi connectivity index (χ4v) is 6.40. The van der Waals surface area contributed by atoms with Gasteiger partial charge in [-0.25, -0.2) is 0 Å². The summed E-state index contributed by atoms with van der Waals surface area (Å²) in [6.07, 6.45) is 4.88. The summed E-state index contributed by atoms with van der Waals surface area (Å²) >= 11 is 0. The SMILES string of the molecule is COc1cccc(C2(NC[C@@H](O)[C@H](Cc3ccccc3)NC(=O)c3cccc(C(=O)N[C@H](C)c4ccccc4)c3)CCCCC2)c1. The number of methoxy groups -OCH3 is 1. The van der Waals surface area contributed by atoms with Crippen molar-refractivity contribution in [1.29, 1.82) is 0 Å². The van der Waals surface area contributed by atoms with E-state index >= 15 is 0 Å². The van der Waals surface area contributed by atoms with E-state index in [1.54, 1.807) is 31.4 Å². The number of amides is 2. The van der Waals surface area contributed by atoms with Gasteiger partial charge in [-0.15, -0.1) is 0 Å². The topological polar surface area (TPSA) is 99.7 Å². The fraction of sp³-hybridized carbons (Fsp3) is 0.333. The van der Waals surface area contributed by atoms with Crippen LogP contribution >= 0.6 is 0 Å². The zero-order chi connectivity index (χ0) is 32.4. The van der Waals surface area contributed by atoms with E-state index in [2.05, 4.69) is 28.1 Å². The Morgan fingerprint density at radius 1 is 0.783 bits per heavy atom. The molecule has 7 nitrogen and oxygen atoms in total. The first-order valence-corrected chi connectivity index (χ1v) is 16.3. The average molecular weight is 620 g/mol. The van der Waals surface area contributed by atoms with Crippen LogP contribution in [0.2, 0.25) is 0 Å². The maximum atomic E-state index is 13.6. The number of ether oxygens (including phenoxy) is 1. The molecule has 1 aliphatic rings. The molecular formula is C39H45N3O4. The van der Waals surface area contributed by atoms with Crippen LogP contribution in [0.3, 0.4) is 0 Å². The summed E-state index contributed by atoms with van der Waals surface area (Å²) in [7, 11) is 1.67. The molecule has 240 valence electrons. The van der Waals surface area contributed by atoms with E-state index < -0.39 is 12.1 Å². The van der Waals surface area contributed by atoms with Gasteiger partial charge in [0.1, 0.15) is 5.75 Å². The number of carbonyl (C=O) groups is 2. The van der Waals surface area contributed by atoms with E-state index in [9.17, 15) is 14.7 Å². The van der Waals surface area contributed by atoms with Crippen LogP contribution in [0, 0.1) is 0 Å². The van der Waals surface area contributed by atoms with Crippen molar-refractivity contribution < 1.29 is 19.4 Å². The molecule has 4 N–H and O–H groups in total. The van der Waals surface area contributed by atoms with Crippen LogP contribution in [0.5, 0.6) is 5.75 Å². The van der Waals surface area contributed by atoms with Gasteiger partial charge in [0.15, 0.2) is 0 Å². The van der Waals surface area contributed by atoms with E-state index in [1.807, 2.05) is 79.7 Å². The standard InChI is InChI=1S/C39H45N3O4/c1-28(30-16-8-4-9-17-30)41-37(44)31-18-12-19-32(25-31)38(45)42-35(24-29-14-6-3-7-15-29)36(43)27-40-39(22-10-5-11-23-39)33-20-13-21-34(26-33)46-2/h3-4,6-9,12-21,25-26,28,35-36,40,43H,5,10-11,22-24,27H2,1-2H3,(H,41,44)(H,42,45)/t28-,35+,36-/m1/s1. The lowest BCUT2D eigenvalue weighted by Gasteiger charge is -2.40. The highest BCUT2D eigenvalue weighted by Gasteiger charge is 2.35. The quantitative estimate of drug-likeness (QED) is 0.140. The third-order valence-corrected chi connectivity index (χ3v) is 9.09. The van der Waals surface area contributed by atoms with E-state index in [1.165, 1.54) is 6.42 Å². The Labute approximate surface area is 272 Å². The molecule has 3 atom stereocenters. The molecule has 0 spiro atoms. The molecule has 5 rings (SSSR count). The lowest BCUT2D eigenvalue weighted by atomic mass is 9.76. The maximum Gasteiger partial charge on any atom is 0.251 e. The van der Waals surface area contributed by atoms with Crippen molar-refractivity contribution >= 4 is 11.8 Å². The van der Waals surface area contributed by atoms with Crippen molar-refractivity contribution in [3.05, 3.63) is 137 Å². The first kappa shape index (κ1) is 32.9. The lowest BCUT2D eigenvalue weighted by molar-refractivity contribution is 0.0788. The molecule has 0 radical (unpaired) electrons. The summed E-state index contributed by atoms with van der Waals surface area (Å²) in [5, 5.41) is 21.5. The number of aliphatic hydroxyl groups is 1. The molecule has 1 saturated carbocycles. The number of hydrogen-bond donors (Lipinski definition) is 4. The summed E-state index contributed by atoms with van der Waals surface area (Å²) in [5.74, 6) is 0.210. The van der Waals surface area contributed by atoms with Crippen molar-refractivity contribution in [2.75, 3.05) is 13.7 Å². The lowest BCUT2D eigenvalue weighted by Crippen LogP contribution is -2.53. The van der Waals surface area contributed by atoms with Crippen LogP contribution in [0.25, 0.3) is 0 Å². The highest BCUT2D eigenvalue weighted by molar-refractivity contribution is 5.99. The van der Waals surface area contributed by atoms with Crippen LogP contribution in [-0.2, 0) is 12.0 Å². The third-order valence-electron chi connectivity index (χ3n) is 9.09. The summed E-state index contributed by atoms with van der Waals surface area (Å²) < 4.78 is 5.52. The molecule has 4 aromatic rings. The zero-order valence-electron chi connectivity index (χ0n) is 26.7. The van der Waals surface area contributed by atoms with Crippen LogP contribution in [0.1, 0.15) is 82.5 Å². The zero-order valence-corrected chi connectivity index (χ0v) is 26.7. The largest absolute Gasteiger partial charge is 0.497 e. The predicted molar refractivity (Wildman–Crippen MR) is 182 cm³/mol. The minimum Gasteiger partial charge on any atom is -0.497 e. The van der Waals surface area contributed by atoms with E-state index in [0.717, 1.165) is 48.1 Å². The highest BCUT2D eigenvalue weighted by atomic mass is 16.5. The predicted octanol–water partition coefficient (Wildman–Crippen LogP) is 6.34. The van der Waals surface area contributed by atoms with Gasteiger partial charge in [0.05, 0.1) is 25.3 Å². The molecule has 1 fully saturated rings. The smallest absolute Gasteiger partial charge is 0.251 e. The Morgan fingerprint density at radius 2 is 1.41 bits per heavy atom. The van der Waals surface area contributed by atoms with Crippen LogP contribution in [0.4, 0.5) is 0 Å². The molecule has 0 bridgehead atoms. The average Bonchev–Trinajstić information content (AvgIpc) is 3.11. The molecule has 0 aromatic heterocycles. The minimum absolute atomic E-state index is 0.187. The second-order valence-electron chi connectivity index (χ2n) is 12.3. The van der Waals surface area contributed by atoms with Gasteiger partial charge < -0.3 is 25.8 Å². The van der Waals surface area contributed by atoms with Crippen molar-refractivity contribution in [2.45, 2.75) is 69.2 Å². The van der Waals surface area contributed by atoms with Crippen molar-refractivity contribution in [3.63, 3.8) is 0 Å². The molecular weight excluding hydrogens is 574 g/mol. The second kappa shape index (κ2) is 15.7. The molecule has 0 saturated heterocycles. The second-order valence-corrected chi connectivity index (χ2v) is 12.3. The molecule has 2 amide bonds. The van der Waals surface area contributed by atoms with Crippen LogP contribution in [0.15, 0.2) is 109 Å². The summed E-state index contributed by atoms with van der Waals surface area (Å²) in [6.45, 7) is 2.23. The van der Waals surface area contributed by atoms with Gasteiger partial charge in [-0.1, -0.05) is 98.1 Å². The van der Waals surface area contributed by atoms with E-state index in [-0.39, 0.29) is 23.4 Å².